The van der Waals surface area contributed by atoms with Crippen molar-refractivity contribution in [3.63, 3.8) is 0 Å². The lowest BCUT2D eigenvalue weighted by Crippen LogP contribution is -2.34. The van der Waals surface area contributed by atoms with E-state index in [0.29, 0.717) is 6.04 Å². The minimum atomic E-state index is 0.512. The van der Waals surface area contributed by atoms with E-state index in [1.54, 1.807) is 0 Å². The van der Waals surface area contributed by atoms with Gasteiger partial charge in [-0.15, -0.1) is 0 Å². The minimum Gasteiger partial charge on any atom is -0.306 e. The van der Waals surface area contributed by atoms with Gasteiger partial charge in [0.15, 0.2) is 0 Å². The van der Waals surface area contributed by atoms with Gasteiger partial charge in [0, 0.05) is 18.3 Å². The Bertz CT molecular complexity index is 380. The van der Waals surface area contributed by atoms with E-state index < -0.39 is 0 Å². The van der Waals surface area contributed by atoms with Gasteiger partial charge in [-0.05, 0) is 43.7 Å². The quantitative estimate of drug-likeness (QED) is 0.801. The molecule has 0 aromatic carbocycles. The van der Waals surface area contributed by atoms with Crippen molar-refractivity contribution in [1.29, 1.82) is 0 Å². The highest BCUT2D eigenvalue weighted by atomic mass is 15.0. The van der Waals surface area contributed by atoms with Crippen LogP contribution in [0.3, 0.4) is 0 Å². The predicted octanol–water partition coefficient (Wildman–Crippen LogP) is 3.77. The lowest BCUT2D eigenvalue weighted by atomic mass is 9.91. The van der Waals surface area contributed by atoms with Gasteiger partial charge in [-0.3, -0.25) is 4.98 Å². The van der Waals surface area contributed by atoms with Crippen LogP contribution in [-0.4, -0.2) is 11.0 Å². The number of aromatic nitrogens is 1. The van der Waals surface area contributed by atoms with Crippen molar-refractivity contribution in [2.45, 2.75) is 69.9 Å². The Morgan fingerprint density at radius 2 is 1.83 bits per heavy atom. The highest BCUT2D eigenvalue weighted by Gasteiger charge is 2.24. The summed E-state index contributed by atoms with van der Waals surface area (Å²) in [7, 11) is 0. The van der Waals surface area contributed by atoms with Crippen LogP contribution < -0.4 is 5.32 Å². The highest BCUT2D eigenvalue weighted by molar-refractivity contribution is 5.25. The van der Waals surface area contributed by atoms with Gasteiger partial charge in [0.05, 0.1) is 5.69 Å². The van der Waals surface area contributed by atoms with Crippen LogP contribution in [0.5, 0.6) is 0 Å². The predicted molar refractivity (Wildman–Crippen MR) is 74.5 cm³/mol. The van der Waals surface area contributed by atoms with Crippen molar-refractivity contribution in [1.82, 2.24) is 10.3 Å². The van der Waals surface area contributed by atoms with Crippen molar-refractivity contribution in [2.75, 3.05) is 0 Å². The Kier molecular flexibility index (Phi) is 3.94. The second kappa shape index (κ2) is 5.83. The molecular formula is C16H24N2. The van der Waals surface area contributed by atoms with Crippen molar-refractivity contribution in [3.8, 4) is 0 Å². The molecule has 1 heterocycles. The van der Waals surface area contributed by atoms with Crippen LogP contribution in [0.2, 0.25) is 0 Å². The molecule has 2 aliphatic rings. The Balaban J connectivity index is 1.69. The van der Waals surface area contributed by atoms with Crippen molar-refractivity contribution < 1.29 is 0 Å². The van der Waals surface area contributed by atoms with Crippen LogP contribution in [0.15, 0.2) is 18.3 Å². The van der Waals surface area contributed by atoms with Crippen LogP contribution in [0.1, 0.15) is 68.7 Å². The SMILES string of the molecule is c1cnc2c(c1)CCCC2NC1CCCCCC1. The molecule has 1 aromatic heterocycles. The molecule has 1 unspecified atom stereocenters. The van der Waals surface area contributed by atoms with E-state index in [9.17, 15) is 0 Å². The van der Waals surface area contributed by atoms with Gasteiger partial charge in [-0.2, -0.15) is 0 Å². The highest BCUT2D eigenvalue weighted by Crippen LogP contribution is 2.29. The maximum Gasteiger partial charge on any atom is 0.0605 e. The third-order valence-corrected chi connectivity index (χ3v) is 4.49. The zero-order valence-corrected chi connectivity index (χ0v) is 11.2. The molecule has 2 nitrogen and oxygen atoms in total. The van der Waals surface area contributed by atoms with Gasteiger partial charge < -0.3 is 5.32 Å². The standard InChI is InChI=1S/C16H24N2/c1-2-4-10-14(9-3-1)18-15-11-5-7-13-8-6-12-17-16(13)15/h6,8,12,14-15,18H,1-5,7,9-11H2. The minimum absolute atomic E-state index is 0.512. The fraction of sp³-hybridized carbons (Fsp3) is 0.688. The average molecular weight is 244 g/mol. The summed E-state index contributed by atoms with van der Waals surface area (Å²) in [5, 5.41) is 3.89. The molecule has 2 heteroatoms. The molecule has 2 aliphatic carbocycles. The molecule has 0 bridgehead atoms. The number of hydrogen-bond donors (Lipinski definition) is 1. The van der Waals surface area contributed by atoms with Gasteiger partial charge in [-0.1, -0.05) is 31.7 Å². The van der Waals surface area contributed by atoms with Crippen molar-refractivity contribution >= 4 is 0 Å². The van der Waals surface area contributed by atoms with Gasteiger partial charge in [0.25, 0.3) is 0 Å². The third kappa shape index (κ3) is 2.74. The smallest absolute Gasteiger partial charge is 0.0605 e. The monoisotopic (exact) mass is 244 g/mol. The Morgan fingerprint density at radius 3 is 2.67 bits per heavy atom. The summed E-state index contributed by atoms with van der Waals surface area (Å²) in [6, 6.07) is 5.57. The largest absolute Gasteiger partial charge is 0.306 e. The van der Waals surface area contributed by atoms with E-state index in [1.165, 1.54) is 69.0 Å². The van der Waals surface area contributed by atoms with E-state index in [4.69, 9.17) is 0 Å². The van der Waals surface area contributed by atoms with Crippen LogP contribution in [-0.2, 0) is 6.42 Å². The first kappa shape index (κ1) is 12.2. The van der Waals surface area contributed by atoms with Crippen molar-refractivity contribution in [2.24, 2.45) is 0 Å². The number of hydrogen-bond acceptors (Lipinski definition) is 2. The first-order valence-electron chi connectivity index (χ1n) is 7.63. The van der Waals surface area contributed by atoms with Gasteiger partial charge in [0.1, 0.15) is 0 Å². The second-order valence-electron chi connectivity index (χ2n) is 5.85. The molecule has 0 spiro atoms. The van der Waals surface area contributed by atoms with Gasteiger partial charge in [-0.25, -0.2) is 0 Å². The fourth-order valence-electron chi connectivity index (χ4n) is 3.50. The van der Waals surface area contributed by atoms with Crippen LogP contribution >= 0.6 is 0 Å². The lowest BCUT2D eigenvalue weighted by molar-refractivity contribution is 0.362. The number of nitrogens with zero attached hydrogens (tertiary/aromatic N) is 1. The summed E-state index contributed by atoms with van der Waals surface area (Å²) in [5.74, 6) is 0. The first-order valence-corrected chi connectivity index (χ1v) is 7.63. The van der Waals surface area contributed by atoms with Gasteiger partial charge in [0.2, 0.25) is 0 Å². The molecule has 1 aromatic rings. The zero-order chi connectivity index (χ0) is 12.2. The lowest BCUT2D eigenvalue weighted by Gasteiger charge is -2.29. The number of pyridine rings is 1. The van der Waals surface area contributed by atoms with E-state index in [2.05, 4.69) is 22.4 Å². The molecule has 3 rings (SSSR count). The zero-order valence-electron chi connectivity index (χ0n) is 11.2. The van der Waals surface area contributed by atoms with Crippen LogP contribution in [0, 0.1) is 0 Å². The van der Waals surface area contributed by atoms with Crippen LogP contribution in [0.4, 0.5) is 0 Å². The molecular weight excluding hydrogens is 220 g/mol. The number of rotatable bonds is 2. The van der Waals surface area contributed by atoms with E-state index in [-0.39, 0.29) is 0 Å². The first-order chi connectivity index (χ1) is 8.93. The number of nitrogens with one attached hydrogen (secondary N) is 1. The molecule has 1 atom stereocenters. The second-order valence-corrected chi connectivity index (χ2v) is 5.85. The van der Waals surface area contributed by atoms with Gasteiger partial charge >= 0.3 is 0 Å². The molecule has 1 saturated carbocycles. The maximum absolute atomic E-state index is 4.63. The molecule has 0 aliphatic heterocycles. The Hall–Kier alpha value is -0.890. The molecule has 98 valence electrons. The third-order valence-electron chi connectivity index (χ3n) is 4.49. The molecule has 0 amide bonds. The summed E-state index contributed by atoms with van der Waals surface area (Å²) in [6.45, 7) is 0. The average Bonchev–Trinajstić information content (AvgIpc) is 2.68. The summed E-state index contributed by atoms with van der Waals surface area (Å²) in [4.78, 5) is 4.63. The normalized spacial score (nSPS) is 25.4. The number of fused-ring (bicyclic) bond motifs is 1. The molecule has 0 radical (unpaired) electrons. The van der Waals surface area contributed by atoms with Crippen LogP contribution in [0.25, 0.3) is 0 Å². The molecule has 18 heavy (non-hydrogen) atoms. The molecule has 1 fully saturated rings. The Morgan fingerprint density at radius 1 is 1.00 bits per heavy atom. The summed E-state index contributed by atoms with van der Waals surface area (Å²) >= 11 is 0. The topological polar surface area (TPSA) is 24.9 Å². The van der Waals surface area contributed by atoms with Crippen molar-refractivity contribution in [3.05, 3.63) is 29.6 Å². The van der Waals surface area contributed by atoms with E-state index in [1.807, 2.05) is 6.20 Å². The molecule has 0 saturated heterocycles. The summed E-state index contributed by atoms with van der Waals surface area (Å²) in [5.41, 5.74) is 2.79. The summed E-state index contributed by atoms with van der Waals surface area (Å²) < 4.78 is 0. The van der Waals surface area contributed by atoms with E-state index >= 15 is 0 Å². The Labute approximate surface area is 110 Å². The maximum atomic E-state index is 4.63. The summed E-state index contributed by atoms with van der Waals surface area (Å²) in [6.07, 6.45) is 14.1. The fourth-order valence-corrected chi connectivity index (χ4v) is 3.50. The molecule has 1 N–H and O–H groups in total. The van der Waals surface area contributed by atoms with E-state index in [0.717, 1.165) is 6.04 Å². The number of aryl methyl sites for hydroxylation is 1.